The fourth-order valence-corrected chi connectivity index (χ4v) is 0. The van der Waals surface area contributed by atoms with Crippen molar-refractivity contribution in [1.82, 2.24) is 0 Å². The number of hydrogen-bond acceptors (Lipinski definition) is 6. The Morgan fingerprint density at radius 1 is 0.579 bits per heavy atom. The molecule has 0 aromatic rings. The van der Waals surface area contributed by atoms with Gasteiger partial charge in [-0.15, -0.1) is 0 Å². The number of carbonyl (C=O) groups excluding carboxylic acids is 3. The SMILES string of the molecule is CC(C)C(=O)[O-].CC(C)C(=O)[O-].CC(C)C(=O)[O-].[Cr+3]. The average Bonchev–Trinajstić information content (AvgIpc) is 2.18. The van der Waals surface area contributed by atoms with Crippen molar-refractivity contribution in [3.63, 3.8) is 0 Å². The molecule has 6 nitrogen and oxygen atoms in total. The predicted octanol–water partition coefficient (Wildman–Crippen LogP) is -1.83. The molecule has 0 aliphatic rings. The van der Waals surface area contributed by atoms with Crippen LogP contribution in [0.25, 0.3) is 0 Å². The Labute approximate surface area is 125 Å². The molecule has 1 radical (unpaired) electrons. The van der Waals surface area contributed by atoms with Crippen LogP contribution >= 0.6 is 0 Å². The zero-order valence-corrected chi connectivity index (χ0v) is 13.4. The van der Waals surface area contributed by atoms with Gasteiger partial charge in [-0.25, -0.2) is 0 Å². The van der Waals surface area contributed by atoms with Gasteiger partial charge in [-0.1, -0.05) is 41.5 Å². The number of aliphatic carboxylic acids is 3. The molecule has 0 amide bonds. The molecule has 0 unspecified atom stereocenters. The first-order valence-corrected chi connectivity index (χ1v) is 5.55. The van der Waals surface area contributed by atoms with Gasteiger partial charge in [0.2, 0.25) is 0 Å². The summed E-state index contributed by atoms with van der Waals surface area (Å²) in [5.41, 5.74) is 0. The minimum Gasteiger partial charge on any atom is -0.550 e. The van der Waals surface area contributed by atoms with Gasteiger partial charge >= 0.3 is 17.4 Å². The van der Waals surface area contributed by atoms with E-state index in [0.29, 0.717) is 0 Å². The molecule has 0 atom stereocenters. The molecule has 0 bridgehead atoms. The molecule has 7 heteroatoms. The van der Waals surface area contributed by atoms with Crippen molar-refractivity contribution in [3.8, 4) is 0 Å². The summed E-state index contributed by atoms with van der Waals surface area (Å²) in [5.74, 6) is -4.00. The van der Waals surface area contributed by atoms with Gasteiger partial charge < -0.3 is 29.7 Å². The third kappa shape index (κ3) is 31.6. The molecule has 0 N–H and O–H groups in total. The molecule has 0 fully saturated rings. The summed E-state index contributed by atoms with van der Waals surface area (Å²) in [4.78, 5) is 28.8. The summed E-state index contributed by atoms with van der Waals surface area (Å²) in [6.07, 6.45) is 0. The van der Waals surface area contributed by atoms with Crippen LogP contribution in [0.1, 0.15) is 41.5 Å². The smallest absolute Gasteiger partial charge is 0.550 e. The second-order valence-corrected chi connectivity index (χ2v) is 4.42. The molecule has 0 rings (SSSR count). The van der Waals surface area contributed by atoms with Crippen LogP contribution < -0.4 is 15.3 Å². The van der Waals surface area contributed by atoms with Crippen LogP contribution in [-0.2, 0) is 31.7 Å². The molecule has 0 saturated carbocycles. The molecule has 111 valence electrons. The molecular weight excluding hydrogens is 292 g/mol. The number of carboxylic acids is 3. The van der Waals surface area contributed by atoms with E-state index < -0.39 is 17.9 Å². The molecule has 0 heterocycles. The Hall–Kier alpha value is -1.06. The largest absolute Gasteiger partial charge is 3.00 e. The van der Waals surface area contributed by atoms with E-state index in [9.17, 15) is 29.7 Å². The molecule has 0 aromatic heterocycles. The predicted molar refractivity (Wildman–Crippen MR) is 59.5 cm³/mol. The van der Waals surface area contributed by atoms with E-state index in [0.717, 1.165) is 0 Å². The summed E-state index contributed by atoms with van der Waals surface area (Å²) in [7, 11) is 0. The first kappa shape index (κ1) is 26.5. The zero-order valence-electron chi connectivity index (χ0n) is 12.1. The number of rotatable bonds is 3. The molecule has 0 aliphatic carbocycles. The molecule has 0 aliphatic heterocycles. The Bertz CT molecular complexity index is 218. The van der Waals surface area contributed by atoms with Gasteiger partial charge in [-0.3, -0.25) is 0 Å². The van der Waals surface area contributed by atoms with E-state index in [1.54, 1.807) is 41.5 Å². The number of carbonyl (C=O) groups is 3. The molecule has 0 spiro atoms. The summed E-state index contributed by atoms with van der Waals surface area (Å²) in [5, 5.41) is 28.8. The van der Waals surface area contributed by atoms with Crippen LogP contribution in [-0.4, -0.2) is 17.9 Å². The van der Waals surface area contributed by atoms with E-state index >= 15 is 0 Å². The van der Waals surface area contributed by atoms with Gasteiger partial charge in [0, 0.05) is 17.9 Å². The Kier molecular flexibility index (Phi) is 20.9. The average molecular weight is 313 g/mol. The first-order chi connectivity index (χ1) is 7.93. The first-order valence-electron chi connectivity index (χ1n) is 5.55. The van der Waals surface area contributed by atoms with Crippen molar-refractivity contribution < 1.29 is 47.1 Å². The zero-order chi connectivity index (χ0) is 15.5. The van der Waals surface area contributed by atoms with Crippen molar-refractivity contribution in [3.05, 3.63) is 0 Å². The maximum absolute atomic E-state index is 9.59. The Morgan fingerprint density at radius 2 is 0.632 bits per heavy atom. The van der Waals surface area contributed by atoms with E-state index in [1.165, 1.54) is 0 Å². The quantitative estimate of drug-likeness (QED) is 0.604. The minimum atomic E-state index is -0.991. The van der Waals surface area contributed by atoms with E-state index in [2.05, 4.69) is 0 Å². The Morgan fingerprint density at radius 3 is 0.632 bits per heavy atom. The standard InChI is InChI=1S/3C4H8O2.Cr/c3*1-3(2)4(5)6;/h3*3H,1-2H3,(H,5,6);/q;;;+3/p-3. The third-order valence-corrected chi connectivity index (χ3v) is 1.41. The van der Waals surface area contributed by atoms with Crippen molar-refractivity contribution in [1.29, 1.82) is 0 Å². The number of carboxylic acid groups (broad SMARTS) is 3. The maximum atomic E-state index is 9.59. The van der Waals surface area contributed by atoms with Gasteiger partial charge in [-0.2, -0.15) is 0 Å². The van der Waals surface area contributed by atoms with Crippen LogP contribution in [0.5, 0.6) is 0 Å². The number of hydrogen-bond donors (Lipinski definition) is 0. The molecule has 0 aromatic carbocycles. The summed E-state index contributed by atoms with van der Waals surface area (Å²) < 4.78 is 0. The summed E-state index contributed by atoms with van der Waals surface area (Å²) >= 11 is 0. The molecular formula is C12H21CrO6. The van der Waals surface area contributed by atoms with Crippen molar-refractivity contribution in [2.45, 2.75) is 41.5 Å². The summed E-state index contributed by atoms with van der Waals surface area (Å²) in [6.45, 7) is 9.47. The third-order valence-electron chi connectivity index (χ3n) is 1.41. The van der Waals surface area contributed by atoms with E-state index in [4.69, 9.17) is 0 Å². The molecule has 0 saturated heterocycles. The maximum Gasteiger partial charge on any atom is 3.00 e. The normalized spacial score (nSPS) is 8.68. The van der Waals surface area contributed by atoms with Gasteiger partial charge in [0.05, 0.1) is 0 Å². The monoisotopic (exact) mass is 313 g/mol. The molecule has 19 heavy (non-hydrogen) atoms. The minimum absolute atomic E-state index is 0. The van der Waals surface area contributed by atoms with Gasteiger partial charge in [0.25, 0.3) is 0 Å². The second kappa shape index (κ2) is 15.0. The van der Waals surface area contributed by atoms with Crippen LogP contribution in [0, 0.1) is 17.8 Å². The van der Waals surface area contributed by atoms with Gasteiger partial charge in [0.15, 0.2) is 0 Å². The van der Waals surface area contributed by atoms with Crippen LogP contribution in [0.15, 0.2) is 0 Å². The fourth-order valence-electron chi connectivity index (χ4n) is 0. The van der Waals surface area contributed by atoms with Crippen LogP contribution in [0.3, 0.4) is 0 Å². The van der Waals surface area contributed by atoms with E-state index in [1.807, 2.05) is 0 Å². The summed E-state index contributed by atoms with van der Waals surface area (Å²) in [6, 6.07) is 0. The topological polar surface area (TPSA) is 120 Å². The van der Waals surface area contributed by atoms with Gasteiger partial charge in [-0.05, 0) is 17.8 Å². The second-order valence-electron chi connectivity index (χ2n) is 4.42. The van der Waals surface area contributed by atoms with Crippen molar-refractivity contribution in [2.24, 2.45) is 17.8 Å². The van der Waals surface area contributed by atoms with E-state index in [-0.39, 0.29) is 35.1 Å². The van der Waals surface area contributed by atoms with Crippen molar-refractivity contribution in [2.75, 3.05) is 0 Å². The van der Waals surface area contributed by atoms with Crippen molar-refractivity contribution >= 4 is 17.9 Å². The fraction of sp³-hybridized carbons (Fsp3) is 0.750. The van der Waals surface area contributed by atoms with Crippen LogP contribution in [0.2, 0.25) is 0 Å². The van der Waals surface area contributed by atoms with Crippen LogP contribution in [0.4, 0.5) is 0 Å². The Balaban J connectivity index is -0.0000000865. The van der Waals surface area contributed by atoms with Gasteiger partial charge in [0.1, 0.15) is 0 Å².